The third-order valence-electron chi connectivity index (χ3n) is 2.76. The first kappa shape index (κ1) is 11.8. The van der Waals surface area contributed by atoms with Crippen molar-refractivity contribution < 1.29 is 4.39 Å². The Labute approximate surface area is 101 Å². The molecular weight excluding hydrogens is 213 g/mol. The molecule has 0 bridgehead atoms. The molecule has 0 atom stereocenters. The van der Waals surface area contributed by atoms with Crippen molar-refractivity contribution in [2.45, 2.75) is 6.42 Å². The van der Waals surface area contributed by atoms with Crippen LogP contribution in [-0.4, -0.2) is 13.6 Å². The van der Waals surface area contributed by atoms with Gasteiger partial charge in [-0.1, -0.05) is 42.5 Å². The van der Waals surface area contributed by atoms with Crippen LogP contribution in [0.25, 0.3) is 16.8 Å². The lowest BCUT2D eigenvalue weighted by Gasteiger charge is -2.03. The van der Waals surface area contributed by atoms with Crippen LogP contribution in [0, 0.1) is 5.82 Å². The number of hydrogen-bond acceptors (Lipinski definition) is 1. The van der Waals surface area contributed by atoms with Gasteiger partial charge in [0.15, 0.2) is 0 Å². The topological polar surface area (TPSA) is 12.0 Å². The summed E-state index contributed by atoms with van der Waals surface area (Å²) >= 11 is 0. The van der Waals surface area contributed by atoms with Gasteiger partial charge in [0.2, 0.25) is 0 Å². The van der Waals surface area contributed by atoms with Gasteiger partial charge in [0.1, 0.15) is 5.82 Å². The summed E-state index contributed by atoms with van der Waals surface area (Å²) in [6.45, 7) is 0.954. The van der Waals surface area contributed by atoms with E-state index in [9.17, 15) is 4.39 Å². The molecule has 2 rings (SSSR count). The first-order valence-corrected chi connectivity index (χ1v) is 5.81. The van der Waals surface area contributed by atoms with E-state index in [1.165, 1.54) is 6.07 Å². The minimum atomic E-state index is -0.159. The second-order valence-corrected chi connectivity index (χ2v) is 3.98. The average molecular weight is 229 g/mol. The van der Waals surface area contributed by atoms with Crippen LogP contribution in [0.4, 0.5) is 4.39 Å². The molecule has 0 saturated carbocycles. The first-order chi connectivity index (χ1) is 8.33. The van der Waals surface area contributed by atoms with Gasteiger partial charge in [-0.25, -0.2) is 4.39 Å². The number of benzene rings is 2. The van der Waals surface area contributed by atoms with E-state index in [-0.39, 0.29) is 5.82 Å². The second kappa shape index (κ2) is 5.60. The van der Waals surface area contributed by atoms with Crippen molar-refractivity contribution in [1.29, 1.82) is 0 Å². The zero-order chi connectivity index (χ0) is 12.1. The molecule has 2 heteroatoms. The van der Waals surface area contributed by atoms with E-state index in [2.05, 4.69) is 17.5 Å². The lowest BCUT2D eigenvalue weighted by atomic mass is 10.0. The summed E-state index contributed by atoms with van der Waals surface area (Å²) in [5, 5.41) is 4.74. The van der Waals surface area contributed by atoms with Crippen molar-refractivity contribution >= 4 is 16.8 Å². The highest BCUT2D eigenvalue weighted by Gasteiger charge is 2.02. The molecule has 1 nitrogen and oxygen atoms in total. The normalized spacial score (nSPS) is 11.4. The molecule has 0 saturated heterocycles. The first-order valence-electron chi connectivity index (χ1n) is 5.81. The highest BCUT2D eigenvalue weighted by atomic mass is 19.1. The summed E-state index contributed by atoms with van der Waals surface area (Å²) in [5.41, 5.74) is 1.07. The van der Waals surface area contributed by atoms with Gasteiger partial charge in [-0.3, -0.25) is 0 Å². The SMILES string of the molecule is CNCCC=Cc1ccc(F)c2ccccc12. The van der Waals surface area contributed by atoms with E-state index >= 15 is 0 Å². The van der Waals surface area contributed by atoms with Crippen LogP contribution >= 0.6 is 0 Å². The number of rotatable bonds is 4. The lowest BCUT2D eigenvalue weighted by Crippen LogP contribution is -2.05. The summed E-state index contributed by atoms with van der Waals surface area (Å²) in [4.78, 5) is 0. The molecule has 0 fully saturated rings. The van der Waals surface area contributed by atoms with E-state index in [1.54, 1.807) is 0 Å². The van der Waals surface area contributed by atoms with Crippen LogP contribution in [-0.2, 0) is 0 Å². The number of nitrogens with one attached hydrogen (secondary N) is 1. The Kier molecular flexibility index (Phi) is 3.89. The molecule has 2 aromatic carbocycles. The van der Waals surface area contributed by atoms with Crippen molar-refractivity contribution in [3.8, 4) is 0 Å². The Balaban J connectivity index is 2.35. The zero-order valence-electron chi connectivity index (χ0n) is 9.91. The third-order valence-corrected chi connectivity index (χ3v) is 2.76. The average Bonchev–Trinajstić information content (AvgIpc) is 2.37. The summed E-state index contributed by atoms with van der Waals surface area (Å²) in [7, 11) is 1.93. The molecule has 0 heterocycles. The van der Waals surface area contributed by atoms with Crippen LogP contribution in [0.3, 0.4) is 0 Å². The van der Waals surface area contributed by atoms with Crippen molar-refractivity contribution in [2.24, 2.45) is 0 Å². The van der Waals surface area contributed by atoms with E-state index in [0.717, 1.165) is 23.9 Å². The predicted octanol–water partition coefficient (Wildman–Crippen LogP) is 3.60. The summed E-state index contributed by atoms with van der Waals surface area (Å²) in [6, 6.07) is 10.9. The van der Waals surface area contributed by atoms with E-state index in [1.807, 2.05) is 37.4 Å². The monoisotopic (exact) mass is 229 g/mol. The van der Waals surface area contributed by atoms with E-state index in [4.69, 9.17) is 0 Å². The number of halogens is 1. The Morgan fingerprint density at radius 3 is 2.65 bits per heavy atom. The molecule has 0 aliphatic rings. The molecule has 88 valence electrons. The molecule has 0 aliphatic carbocycles. The highest BCUT2D eigenvalue weighted by Crippen LogP contribution is 2.22. The van der Waals surface area contributed by atoms with Crippen molar-refractivity contribution in [3.63, 3.8) is 0 Å². The van der Waals surface area contributed by atoms with Gasteiger partial charge in [-0.15, -0.1) is 0 Å². The predicted molar refractivity (Wildman–Crippen MR) is 71.5 cm³/mol. The fourth-order valence-electron chi connectivity index (χ4n) is 1.87. The number of fused-ring (bicyclic) bond motifs is 1. The highest BCUT2D eigenvalue weighted by molar-refractivity contribution is 5.90. The van der Waals surface area contributed by atoms with Crippen LogP contribution < -0.4 is 5.32 Å². The van der Waals surface area contributed by atoms with E-state index in [0.29, 0.717) is 5.39 Å². The molecular formula is C15H16FN. The molecule has 0 aromatic heterocycles. The summed E-state index contributed by atoms with van der Waals surface area (Å²) < 4.78 is 13.6. The van der Waals surface area contributed by atoms with Crippen LogP contribution in [0.5, 0.6) is 0 Å². The molecule has 0 amide bonds. The van der Waals surface area contributed by atoms with Gasteiger partial charge in [0.25, 0.3) is 0 Å². The van der Waals surface area contributed by atoms with Gasteiger partial charge in [0, 0.05) is 5.39 Å². The van der Waals surface area contributed by atoms with Gasteiger partial charge < -0.3 is 5.32 Å². The minimum Gasteiger partial charge on any atom is -0.319 e. The molecule has 0 radical (unpaired) electrons. The number of hydrogen-bond donors (Lipinski definition) is 1. The molecule has 0 unspecified atom stereocenters. The van der Waals surface area contributed by atoms with Crippen molar-refractivity contribution in [3.05, 3.63) is 53.9 Å². The maximum atomic E-state index is 13.6. The van der Waals surface area contributed by atoms with Gasteiger partial charge in [-0.2, -0.15) is 0 Å². The Morgan fingerprint density at radius 1 is 1.12 bits per heavy atom. The Morgan fingerprint density at radius 2 is 1.88 bits per heavy atom. The van der Waals surface area contributed by atoms with Gasteiger partial charge >= 0.3 is 0 Å². The third kappa shape index (κ3) is 2.71. The Bertz CT molecular complexity index is 531. The van der Waals surface area contributed by atoms with Crippen LogP contribution in [0.2, 0.25) is 0 Å². The fraction of sp³-hybridized carbons (Fsp3) is 0.200. The van der Waals surface area contributed by atoms with Gasteiger partial charge in [0.05, 0.1) is 0 Å². The van der Waals surface area contributed by atoms with E-state index < -0.39 is 0 Å². The molecule has 0 spiro atoms. The quantitative estimate of drug-likeness (QED) is 0.790. The van der Waals surface area contributed by atoms with Crippen LogP contribution in [0.15, 0.2) is 42.5 Å². The second-order valence-electron chi connectivity index (χ2n) is 3.98. The molecule has 17 heavy (non-hydrogen) atoms. The molecule has 2 aromatic rings. The summed E-state index contributed by atoms with van der Waals surface area (Å²) in [5.74, 6) is -0.159. The standard InChI is InChI=1S/C15H16FN/c1-17-11-5-4-6-12-9-10-15(16)14-8-3-2-7-13(12)14/h2-4,6-10,17H,5,11H2,1H3. The lowest BCUT2D eigenvalue weighted by molar-refractivity contribution is 0.640. The van der Waals surface area contributed by atoms with Crippen molar-refractivity contribution in [2.75, 3.05) is 13.6 Å². The summed E-state index contributed by atoms with van der Waals surface area (Å²) in [6.07, 6.45) is 5.14. The maximum absolute atomic E-state index is 13.6. The molecule has 0 aliphatic heterocycles. The Hall–Kier alpha value is -1.67. The minimum absolute atomic E-state index is 0.159. The van der Waals surface area contributed by atoms with Gasteiger partial charge in [-0.05, 0) is 37.0 Å². The maximum Gasteiger partial charge on any atom is 0.131 e. The van der Waals surface area contributed by atoms with Crippen LogP contribution in [0.1, 0.15) is 12.0 Å². The van der Waals surface area contributed by atoms with Crippen molar-refractivity contribution in [1.82, 2.24) is 5.32 Å². The molecule has 1 N–H and O–H groups in total. The largest absolute Gasteiger partial charge is 0.319 e. The fourth-order valence-corrected chi connectivity index (χ4v) is 1.87. The zero-order valence-corrected chi connectivity index (χ0v) is 9.91. The smallest absolute Gasteiger partial charge is 0.131 e.